The van der Waals surface area contributed by atoms with Crippen LogP contribution in [0.5, 0.6) is 0 Å². The molecule has 5 nitrogen and oxygen atoms in total. The first-order chi connectivity index (χ1) is 12.0. The molecule has 0 bridgehead atoms. The first-order valence-electron chi connectivity index (χ1n) is 8.61. The van der Waals surface area contributed by atoms with Gasteiger partial charge in [0.2, 0.25) is 5.91 Å². The van der Waals surface area contributed by atoms with Crippen molar-refractivity contribution in [2.24, 2.45) is 5.92 Å². The molecular weight excluding hydrogens is 338 g/mol. The van der Waals surface area contributed by atoms with Crippen LogP contribution in [-0.4, -0.2) is 34.2 Å². The van der Waals surface area contributed by atoms with Gasteiger partial charge in [-0.05, 0) is 38.0 Å². The fourth-order valence-electron chi connectivity index (χ4n) is 3.22. The Morgan fingerprint density at radius 1 is 1.48 bits per heavy atom. The van der Waals surface area contributed by atoms with E-state index in [2.05, 4.69) is 18.9 Å². The molecule has 0 saturated carbocycles. The Kier molecular flexibility index (Phi) is 5.45. The van der Waals surface area contributed by atoms with E-state index < -0.39 is 0 Å². The fourth-order valence-corrected chi connectivity index (χ4v) is 3.44. The molecule has 0 aliphatic carbocycles. The zero-order valence-corrected chi connectivity index (χ0v) is 15.6. The summed E-state index contributed by atoms with van der Waals surface area (Å²) >= 11 is 6.03. The molecule has 0 spiro atoms. The minimum atomic E-state index is -0.221. The molecule has 1 fully saturated rings. The zero-order chi connectivity index (χ0) is 18.0. The van der Waals surface area contributed by atoms with Crippen LogP contribution in [0.2, 0.25) is 5.02 Å². The average molecular weight is 362 g/mol. The summed E-state index contributed by atoms with van der Waals surface area (Å²) in [5, 5.41) is 5.06. The highest BCUT2D eigenvalue weighted by Gasteiger charge is 2.37. The SMILES string of the molecule is CC(C)n1cc([C@@H]2OCC[C@H]2C(=O)N(C)Cc2cccc(Cl)c2)cn1. The van der Waals surface area contributed by atoms with Crippen LogP contribution in [0.3, 0.4) is 0 Å². The lowest BCUT2D eigenvalue weighted by Gasteiger charge is -2.24. The van der Waals surface area contributed by atoms with E-state index in [-0.39, 0.29) is 24.0 Å². The normalized spacial score (nSPS) is 20.2. The molecule has 1 amide bonds. The van der Waals surface area contributed by atoms with Gasteiger partial charge < -0.3 is 9.64 Å². The Morgan fingerprint density at radius 2 is 2.28 bits per heavy atom. The number of ether oxygens (including phenoxy) is 1. The van der Waals surface area contributed by atoms with Crippen LogP contribution in [0.15, 0.2) is 36.7 Å². The molecular formula is C19H24ClN3O2. The summed E-state index contributed by atoms with van der Waals surface area (Å²) in [5.41, 5.74) is 1.99. The Morgan fingerprint density at radius 3 is 2.96 bits per heavy atom. The van der Waals surface area contributed by atoms with Crippen molar-refractivity contribution in [3.8, 4) is 0 Å². The van der Waals surface area contributed by atoms with Gasteiger partial charge in [0.1, 0.15) is 0 Å². The number of carbonyl (C=O) groups is 1. The summed E-state index contributed by atoms with van der Waals surface area (Å²) in [5.74, 6) is -0.0752. The van der Waals surface area contributed by atoms with Gasteiger partial charge in [0.05, 0.1) is 18.2 Å². The van der Waals surface area contributed by atoms with Crippen LogP contribution in [0.4, 0.5) is 0 Å². The second-order valence-electron chi connectivity index (χ2n) is 6.86. The van der Waals surface area contributed by atoms with Gasteiger partial charge in [0.25, 0.3) is 0 Å². The van der Waals surface area contributed by atoms with Crippen LogP contribution >= 0.6 is 11.6 Å². The van der Waals surface area contributed by atoms with Crippen molar-refractivity contribution in [1.29, 1.82) is 0 Å². The van der Waals surface area contributed by atoms with E-state index >= 15 is 0 Å². The summed E-state index contributed by atoms with van der Waals surface area (Å²) in [6.07, 6.45) is 4.31. The summed E-state index contributed by atoms with van der Waals surface area (Å²) in [6.45, 7) is 5.29. The summed E-state index contributed by atoms with van der Waals surface area (Å²) in [6, 6.07) is 7.89. The molecule has 0 N–H and O–H groups in total. The topological polar surface area (TPSA) is 47.4 Å². The minimum Gasteiger partial charge on any atom is -0.373 e. The first-order valence-corrected chi connectivity index (χ1v) is 8.98. The van der Waals surface area contributed by atoms with Crippen molar-refractivity contribution in [2.75, 3.05) is 13.7 Å². The molecule has 0 radical (unpaired) electrons. The van der Waals surface area contributed by atoms with Crippen molar-refractivity contribution in [3.63, 3.8) is 0 Å². The van der Waals surface area contributed by atoms with Crippen LogP contribution in [-0.2, 0) is 16.1 Å². The number of aromatic nitrogens is 2. The molecule has 1 aliphatic rings. The van der Waals surface area contributed by atoms with Crippen molar-refractivity contribution >= 4 is 17.5 Å². The van der Waals surface area contributed by atoms with Gasteiger partial charge in [-0.2, -0.15) is 5.10 Å². The second kappa shape index (κ2) is 7.58. The van der Waals surface area contributed by atoms with Gasteiger partial charge in [0.15, 0.2) is 0 Å². The van der Waals surface area contributed by atoms with Gasteiger partial charge in [-0.15, -0.1) is 0 Å². The summed E-state index contributed by atoms with van der Waals surface area (Å²) in [7, 11) is 1.83. The van der Waals surface area contributed by atoms with E-state index in [4.69, 9.17) is 16.3 Å². The van der Waals surface area contributed by atoms with Crippen molar-refractivity contribution < 1.29 is 9.53 Å². The largest absolute Gasteiger partial charge is 0.373 e. The number of hydrogen-bond donors (Lipinski definition) is 0. The number of amides is 1. The van der Waals surface area contributed by atoms with Crippen LogP contribution < -0.4 is 0 Å². The Labute approximate surface area is 153 Å². The third-order valence-electron chi connectivity index (χ3n) is 4.57. The lowest BCUT2D eigenvalue weighted by atomic mass is 9.95. The van der Waals surface area contributed by atoms with Gasteiger partial charge in [0, 0.05) is 43.0 Å². The number of carbonyl (C=O) groups excluding carboxylic acids is 1. The number of rotatable bonds is 5. The standard InChI is InChI=1S/C19H24ClN3O2/c1-13(2)23-12-15(10-21-23)18-17(7-8-25-18)19(24)22(3)11-14-5-4-6-16(20)9-14/h4-6,9-10,12-13,17-18H,7-8,11H2,1-3H3/t17-,18+/m1/s1. The maximum Gasteiger partial charge on any atom is 0.228 e. The van der Waals surface area contributed by atoms with Crippen LogP contribution in [0, 0.1) is 5.92 Å². The van der Waals surface area contributed by atoms with Gasteiger partial charge >= 0.3 is 0 Å². The van der Waals surface area contributed by atoms with E-state index in [1.165, 1.54) is 0 Å². The molecule has 3 rings (SSSR count). The highest BCUT2D eigenvalue weighted by molar-refractivity contribution is 6.30. The van der Waals surface area contributed by atoms with Crippen molar-refractivity contribution in [3.05, 3.63) is 52.8 Å². The van der Waals surface area contributed by atoms with Gasteiger partial charge in [-0.25, -0.2) is 0 Å². The monoisotopic (exact) mass is 361 g/mol. The number of benzene rings is 1. The molecule has 6 heteroatoms. The number of hydrogen-bond acceptors (Lipinski definition) is 3. The molecule has 2 heterocycles. The Bertz CT molecular complexity index is 744. The molecule has 0 unspecified atom stereocenters. The third-order valence-corrected chi connectivity index (χ3v) is 4.81. The highest BCUT2D eigenvalue weighted by Crippen LogP contribution is 2.36. The maximum atomic E-state index is 12.9. The molecule has 2 aromatic rings. The third kappa shape index (κ3) is 4.05. The molecule has 1 saturated heterocycles. The van der Waals surface area contributed by atoms with Gasteiger partial charge in [-0.3, -0.25) is 9.48 Å². The number of nitrogens with zero attached hydrogens (tertiary/aromatic N) is 3. The van der Waals surface area contributed by atoms with E-state index in [0.717, 1.165) is 17.5 Å². The number of halogens is 1. The zero-order valence-electron chi connectivity index (χ0n) is 14.9. The molecule has 25 heavy (non-hydrogen) atoms. The molecule has 1 aliphatic heterocycles. The minimum absolute atomic E-state index is 0.0970. The van der Waals surface area contributed by atoms with Crippen molar-refractivity contribution in [1.82, 2.24) is 14.7 Å². The van der Waals surface area contributed by atoms with Crippen LogP contribution in [0.25, 0.3) is 0 Å². The van der Waals surface area contributed by atoms with Gasteiger partial charge in [-0.1, -0.05) is 23.7 Å². The van der Waals surface area contributed by atoms with E-state index in [1.54, 1.807) is 4.90 Å². The Balaban J connectivity index is 1.71. The second-order valence-corrected chi connectivity index (χ2v) is 7.29. The van der Waals surface area contributed by atoms with E-state index in [0.29, 0.717) is 18.2 Å². The molecule has 2 atom stereocenters. The lowest BCUT2D eigenvalue weighted by molar-refractivity contribution is -0.136. The maximum absolute atomic E-state index is 12.9. The van der Waals surface area contributed by atoms with E-state index in [9.17, 15) is 4.79 Å². The predicted octanol–water partition coefficient (Wildman–Crippen LogP) is 3.85. The van der Waals surface area contributed by atoms with E-state index in [1.807, 2.05) is 48.4 Å². The lowest BCUT2D eigenvalue weighted by Crippen LogP contribution is -2.33. The predicted molar refractivity (Wildman–Crippen MR) is 97.3 cm³/mol. The molecule has 1 aromatic heterocycles. The molecule has 1 aromatic carbocycles. The Hall–Kier alpha value is -1.85. The average Bonchev–Trinajstić information content (AvgIpc) is 3.23. The first kappa shape index (κ1) is 18.0. The summed E-state index contributed by atoms with van der Waals surface area (Å²) in [4.78, 5) is 14.7. The smallest absolute Gasteiger partial charge is 0.228 e. The molecule has 134 valence electrons. The quantitative estimate of drug-likeness (QED) is 0.812. The van der Waals surface area contributed by atoms with Crippen molar-refractivity contribution in [2.45, 2.75) is 39.0 Å². The fraction of sp³-hybridized carbons (Fsp3) is 0.474. The summed E-state index contributed by atoms with van der Waals surface area (Å²) < 4.78 is 7.76. The van der Waals surface area contributed by atoms with Crippen LogP contribution in [0.1, 0.15) is 43.5 Å². The highest BCUT2D eigenvalue weighted by atomic mass is 35.5.